The number of likely N-dealkylation sites (tertiary alicyclic amines) is 2. The van der Waals surface area contributed by atoms with Crippen molar-refractivity contribution in [3.05, 3.63) is 0 Å². The standard InChI is InChI=1S/C13H23N3O2/c17-12(15-7-5-6-8-15)11-14-13(18)16-9-3-1-2-4-10-16/h1-11H2,(H,14,18). The van der Waals surface area contributed by atoms with Crippen LogP contribution in [-0.2, 0) is 4.79 Å². The Bertz CT molecular complexity index is 293. The van der Waals surface area contributed by atoms with Crippen LogP contribution in [0.5, 0.6) is 0 Å². The molecule has 0 radical (unpaired) electrons. The average Bonchev–Trinajstić information content (AvgIpc) is 2.78. The number of carbonyl (C=O) groups is 2. The van der Waals surface area contributed by atoms with E-state index in [4.69, 9.17) is 0 Å². The Hall–Kier alpha value is -1.26. The van der Waals surface area contributed by atoms with Gasteiger partial charge >= 0.3 is 6.03 Å². The van der Waals surface area contributed by atoms with Gasteiger partial charge in [0.05, 0.1) is 6.54 Å². The van der Waals surface area contributed by atoms with Crippen molar-refractivity contribution >= 4 is 11.9 Å². The smallest absolute Gasteiger partial charge is 0.317 e. The lowest BCUT2D eigenvalue weighted by Gasteiger charge is -2.22. The van der Waals surface area contributed by atoms with E-state index in [-0.39, 0.29) is 18.5 Å². The van der Waals surface area contributed by atoms with Crippen molar-refractivity contribution in [1.82, 2.24) is 15.1 Å². The molecule has 5 nitrogen and oxygen atoms in total. The van der Waals surface area contributed by atoms with Crippen molar-refractivity contribution in [1.29, 1.82) is 0 Å². The van der Waals surface area contributed by atoms with Gasteiger partial charge in [0.25, 0.3) is 0 Å². The molecule has 5 heteroatoms. The van der Waals surface area contributed by atoms with Gasteiger partial charge in [0, 0.05) is 26.2 Å². The summed E-state index contributed by atoms with van der Waals surface area (Å²) >= 11 is 0. The van der Waals surface area contributed by atoms with Crippen molar-refractivity contribution in [3.8, 4) is 0 Å². The largest absolute Gasteiger partial charge is 0.341 e. The number of carbonyl (C=O) groups excluding carboxylic acids is 2. The first-order valence-corrected chi connectivity index (χ1v) is 7.08. The zero-order chi connectivity index (χ0) is 12.8. The first-order valence-electron chi connectivity index (χ1n) is 7.08. The first kappa shape index (κ1) is 13.2. The van der Waals surface area contributed by atoms with Crippen LogP contribution in [-0.4, -0.2) is 54.5 Å². The topological polar surface area (TPSA) is 52.7 Å². The molecule has 0 bridgehead atoms. The van der Waals surface area contributed by atoms with Gasteiger partial charge in [-0.3, -0.25) is 4.79 Å². The number of urea groups is 1. The van der Waals surface area contributed by atoms with Crippen LogP contribution in [0, 0.1) is 0 Å². The second-order valence-corrected chi connectivity index (χ2v) is 5.15. The van der Waals surface area contributed by atoms with E-state index in [1.165, 1.54) is 12.8 Å². The summed E-state index contributed by atoms with van der Waals surface area (Å²) in [5.41, 5.74) is 0. The number of amides is 3. The second-order valence-electron chi connectivity index (χ2n) is 5.15. The fourth-order valence-corrected chi connectivity index (χ4v) is 2.62. The zero-order valence-electron chi connectivity index (χ0n) is 11.0. The Kier molecular flexibility index (Phi) is 4.84. The van der Waals surface area contributed by atoms with Gasteiger partial charge in [-0.25, -0.2) is 4.79 Å². The van der Waals surface area contributed by atoms with E-state index in [1.54, 1.807) is 0 Å². The Morgan fingerprint density at radius 3 is 1.89 bits per heavy atom. The summed E-state index contributed by atoms with van der Waals surface area (Å²) in [5.74, 6) is 0.0515. The monoisotopic (exact) mass is 253 g/mol. The van der Waals surface area contributed by atoms with Gasteiger partial charge in [-0.1, -0.05) is 12.8 Å². The van der Waals surface area contributed by atoms with Gasteiger partial charge in [-0.2, -0.15) is 0 Å². The van der Waals surface area contributed by atoms with Crippen molar-refractivity contribution in [2.45, 2.75) is 38.5 Å². The van der Waals surface area contributed by atoms with Gasteiger partial charge in [0.15, 0.2) is 0 Å². The molecule has 2 fully saturated rings. The van der Waals surface area contributed by atoms with Crippen molar-refractivity contribution < 1.29 is 9.59 Å². The fraction of sp³-hybridized carbons (Fsp3) is 0.846. The highest BCUT2D eigenvalue weighted by molar-refractivity contribution is 5.84. The Balaban J connectivity index is 1.71. The summed E-state index contributed by atoms with van der Waals surface area (Å²) in [5, 5.41) is 2.75. The second kappa shape index (κ2) is 6.61. The maximum atomic E-state index is 11.9. The molecule has 0 spiro atoms. The average molecular weight is 253 g/mol. The van der Waals surface area contributed by atoms with Crippen LogP contribution in [0.3, 0.4) is 0 Å². The van der Waals surface area contributed by atoms with Crippen LogP contribution in [0.1, 0.15) is 38.5 Å². The molecule has 2 aliphatic rings. The SMILES string of the molecule is O=C(CNC(=O)N1CCCCCC1)N1CCCC1. The summed E-state index contributed by atoms with van der Waals surface area (Å²) in [6, 6.07) is -0.0792. The molecule has 2 rings (SSSR count). The minimum absolute atomic E-state index is 0.0515. The number of nitrogens with zero attached hydrogens (tertiary/aromatic N) is 2. The minimum Gasteiger partial charge on any atom is -0.341 e. The predicted molar refractivity (Wildman–Crippen MR) is 69.3 cm³/mol. The zero-order valence-corrected chi connectivity index (χ0v) is 11.0. The summed E-state index contributed by atoms with van der Waals surface area (Å²) < 4.78 is 0. The first-order chi connectivity index (χ1) is 8.77. The summed E-state index contributed by atoms with van der Waals surface area (Å²) in [6.07, 6.45) is 6.74. The molecule has 2 heterocycles. The maximum Gasteiger partial charge on any atom is 0.317 e. The molecular formula is C13H23N3O2. The van der Waals surface area contributed by atoms with E-state index in [9.17, 15) is 9.59 Å². The van der Waals surface area contributed by atoms with Gasteiger partial charge in [-0.15, -0.1) is 0 Å². The predicted octanol–water partition coefficient (Wildman–Crippen LogP) is 1.19. The highest BCUT2D eigenvalue weighted by Gasteiger charge is 2.20. The van der Waals surface area contributed by atoms with E-state index >= 15 is 0 Å². The molecule has 3 amide bonds. The molecule has 0 saturated carbocycles. The lowest BCUT2D eigenvalue weighted by molar-refractivity contribution is -0.129. The van der Waals surface area contributed by atoms with Crippen LogP contribution >= 0.6 is 0 Å². The van der Waals surface area contributed by atoms with Crippen LogP contribution in [0.25, 0.3) is 0 Å². The lowest BCUT2D eigenvalue weighted by atomic mass is 10.2. The van der Waals surface area contributed by atoms with E-state index in [1.807, 2.05) is 9.80 Å². The third-order valence-corrected chi connectivity index (χ3v) is 3.74. The molecule has 1 N–H and O–H groups in total. The van der Waals surface area contributed by atoms with E-state index in [0.29, 0.717) is 0 Å². The third-order valence-electron chi connectivity index (χ3n) is 3.74. The minimum atomic E-state index is -0.0792. The highest BCUT2D eigenvalue weighted by atomic mass is 16.2. The van der Waals surface area contributed by atoms with Crippen LogP contribution < -0.4 is 5.32 Å². The quantitative estimate of drug-likeness (QED) is 0.804. The summed E-state index contributed by atoms with van der Waals surface area (Å²) in [4.78, 5) is 27.4. The Labute approximate surface area is 108 Å². The van der Waals surface area contributed by atoms with Crippen molar-refractivity contribution in [2.75, 3.05) is 32.7 Å². The number of hydrogen-bond donors (Lipinski definition) is 1. The fourth-order valence-electron chi connectivity index (χ4n) is 2.62. The van der Waals surface area contributed by atoms with Gasteiger partial charge in [0.2, 0.25) is 5.91 Å². The van der Waals surface area contributed by atoms with E-state index in [0.717, 1.165) is 51.9 Å². The Morgan fingerprint density at radius 2 is 1.28 bits per heavy atom. The molecular weight excluding hydrogens is 230 g/mol. The van der Waals surface area contributed by atoms with Gasteiger partial charge < -0.3 is 15.1 Å². The van der Waals surface area contributed by atoms with Gasteiger partial charge in [-0.05, 0) is 25.7 Å². The summed E-state index contributed by atoms with van der Waals surface area (Å²) in [6.45, 7) is 3.49. The molecule has 0 aromatic carbocycles. The van der Waals surface area contributed by atoms with Crippen molar-refractivity contribution in [3.63, 3.8) is 0 Å². The molecule has 2 saturated heterocycles. The number of hydrogen-bond acceptors (Lipinski definition) is 2. The molecule has 0 aromatic heterocycles. The third kappa shape index (κ3) is 3.62. The van der Waals surface area contributed by atoms with E-state index < -0.39 is 0 Å². The Morgan fingerprint density at radius 1 is 0.778 bits per heavy atom. The molecule has 0 unspecified atom stereocenters. The molecule has 0 atom stereocenters. The van der Waals surface area contributed by atoms with E-state index in [2.05, 4.69) is 5.32 Å². The van der Waals surface area contributed by atoms with Crippen LogP contribution in [0.4, 0.5) is 4.79 Å². The number of rotatable bonds is 2. The maximum absolute atomic E-state index is 11.9. The molecule has 0 aromatic rings. The summed E-state index contributed by atoms with van der Waals surface area (Å²) in [7, 11) is 0. The highest BCUT2D eigenvalue weighted by Crippen LogP contribution is 2.10. The van der Waals surface area contributed by atoms with Crippen molar-refractivity contribution in [2.24, 2.45) is 0 Å². The van der Waals surface area contributed by atoms with Gasteiger partial charge in [0.1, 0.15) is 0 Å². The number of nitrogens with one attached hydrogen (secondary N) is 1. The molecule has 2 aliphatic heterocycles. The molecule has 0 aliphatic carbocycles. The normalized spacial score (nSPS) is 20.7. The van der Waals surface area contributed by atoms with Crippen LogP contribution in [0.15, 0.2) is 0 Å². The molecule has 18 heavy (non-hydrogen) atoms. The van der Waals surface area contributed by atoms with Crippen LogP contribution in [0.2, 0.25) is 0 Å². The molecule has 102 valence electrons. The lowest BCUT2D eigenvalue weighted by Crippen LogP contribution is -2.45.